The summed E-state index contributed by atoms with van der Waals surface area (Å²) >= 11 is 0. The molecule has 25 heavy (non-hydrogen) atoms. The number of rotatable bonds is 5. The Morgan fingerprint density at radius 3 is 2.76 bits per heavy atom. The predicted octanol–water partition coefficient (Wildman–Crippen LogP) is 3.44. The molecule has 136 valence electrons. The highest BCUT2D eigenvalue weighted by atomic mass is 15.3. The number of para-hydroxylation sites is 2. The summed E-state index contributed by atoms with van der Waals surface area (Å²) in [6.07, 6.45) is 3.26. The molecule has 3 rings (SSSR count). The van der Waals surface area contributed by atoms with Crippen LogP contribution in [0.15, 0.2) is 29.3 Å². The van der Waals surface area contributed by atoms with Crippen molar-refractivity contribution in [2.24, 2.45) is 16.8 Å². The highest BCUT2D eigenvalue weighted by molar-refractivity contribution is 5.80. The van der Waals surface area contributed by atoms with Crippen LogP contribution in [0.4, 0.5) is 0 Å². The lowest BCUT2D eigenvalue weighted by atomic mass is 9.92. The van der Waals surface area contributed by atoms with Crippen molar-refractivity contribution in [3.05, 3.63) is 30.1 Å². The van der Waals surface area contributed by atoms with Crippen LogP contribution in [0.3, 0.4) is 0 Å². The molecule has 2 heterocycles. The van der Waals surface area contributed by atoms with E-state index in [1.165, 1.54) is 6.42 Å². The lowest BCUT2D eigenvalue weighted by Gasteiger charge is -2.37. The molecule has 0 amide bonds. The highest BCUT2D eigenvalue weighted by Gasteiger charge is 2.23. The number of aromatic nitrogens is 2. The molecule has 2 aromatic rings. The van der Waals surface area contributed by atoms with Gasteiger partial charge in [0.25, 0.3) is 0 Å². The fraction of sp³-hybridized carbons (Fsp3) is 0.600. The highest BCUT2D eigenvalue weighted by Crippen LogP contribution is 2.21. The van der Waals surface area contributed by atoms with Crippen LogP contribution in [-0.4, -0.2) is 47.0 Å². The van der Waals surface area contributed by atoms with Gasteiger partial charge in [-0.3, -0.25) is 4.99 Å². The molecule has 0 aliphatic carbocycles. The van der Waals surface area contributed by atoms with Crippen LogP contribution < -0.4 is 5.32 Å². The first-order chi connectivity index (χ1) is 12.2. The van der Waals surface area contributed by atoms with Gasteiger partial charge >= 0.3 is 0 Å². The lowest BCUT2D eigenvalue weighted by molar-refractivity contribution is 0.208. The van der Waals surface area contributed by atoms with Crippen molar-refractivity contribution in [3.63, 3.8) is 0 Å². The molecule has 5 heteroatoms. The number of hydrogen-bond donors (Lipinski definition) is 2. The normalized spacial score (nSPS) is 21.7. The number of guanidine groups is 1. The number of nitrogens with zero attached hydrogens (tertiary/aromatic N) is 3. The number of aryl methyl sites for hydroxylation is 1. The predicted molar refractivity (Wildman–Crippen MR) is 105 cm³/mol. The van der Waals surface area contributed by atoms with Gasteiger partial charge in [0.05, 0.1) is 11.0 Å². The lowest BCUT2D eigenvalue weighted by Crippen LogP contribution is -2.48. The third kappa shape index (κ3) is 4.74. The fourth-order valence-electron chi connectivity index (χ4n) is 3.82. The maximum absolute atomic E-state index is 4.86. The summed E-state index contributed by atoms with van der Waals surface area (Å²) in [5, 5.41) is 3.47. The zero-order valence-corrected chi connectivity index (χ0v) is 15.8. The minimum absolute atomic E-state index is 0.739. The molecule has 1 saturated heterocycles. The molecule has 0 bridgehead atoms. The molecular weight excluding hydrogens is 310 g/mol. The average molecular weight is 342 g/mol. The Morgan fingerprint density at radius 1 is 1.28 bits per heavy atom. The first-order valence-electron chi connectivity index (χ1n) is 9.62. The van der Waals surface area contributed by atoms with Crippen LogP contribution in [0.5, 0.6) is 0 Å². The van der Waals surface area contributed by atoms with Crippen molar-refractivity contribution in [1.29, 1.82) is 0 Å². The van der Waals surface area contributed by atoms with Crippen LogP contribution in [0.2, 0.25) is 0 Å². The number of hydrogen-bond acceptors (Lipinski definition) is 2. The molecule has 1 aromatic heterocycles. The number of piperidine rings is 1. The summed E-state index contributed by atoms with van der Waals surface area (Å²) in [6.45, 7) is 10.8. The Balaban J connectivity index is 1.56. The number of fused-ring (bicyclic) bond motifs is 1. The second-order valence-electron chi connectivity index (χ2n) is 7.39. The number of likely N-dealkylation sites (tertiary alicyclic amines) is 1. The first kappa shape index (κ1) is 17.8. The van der Waals surface area contributed by atoms with E-state index in [2.05, 4.69) is 53.1 Å². The van der Waals surface area contributed by atoms with Crippen LogP contribution >= 0.6 is 0 Å². The molecule has 2 atom stereocenters. The van der Waals surface area contributed by atoms with Gasteiger partial charge in [-0.05, 0) is 43.7 Å². The zero-order chi connectivity index (χ0) is 17.6. The molecule has 2 N–H and O–H groups in total. The minimum atomic E-state index is 0.739. The van der Waals surface area contributed by atoms with E-state index in [4.69, 9.17) is 4.99 Å². The van der Waals surface area contributed by atoms with Gasteiger partial charge in [0, 0.05) is 32.6 Å². The van der Waals surface area contributed by atoms with Gasteiger partial charge in [-0.1, -0.05) is 26.0 Å². The number of aromatic amines is 1. The minimum Gasteiger partial charge on any atom is -0.357 e. The van der Waals surface area contributed by atoms with Gasteiger partial charge in [0.15, 0.2) is 5.96 Å². The van der Waals surface area contributed by atoms with E-state index in [0.29, 0.717) is 0 Å². The number of nitrogens with one attached hydrogen (secondary N) is 2. The van der Waals surface area contributed by atoms with E-state index in [1.54, 1.807) is 0 Å². The van der Waals surface area contributed by atoms with Gasteiger partial charge in [0.1, 0.15) is 5.82 Å². The maximum Gasteiger partial charge on any atom is 0.193 e. The van der Waals surface area contributed by atoms with Crippen LogP contribution in [0.25, 0.3) is 11.0 Å². The second kappa shape index (κ2) is 8.37. The van der Waals surface area contributed by atoms with E-state index >= 15 is 0 Å². The third-order valence-corrected chi connectivity index (χ3v) is 4.77. The smallest absolute Gasteiger partial charge is 0.193 e. The maximum atomic E-state index is 4.86. The fourth-order valence-corrected chi connectivity index (χ4v) is 3.82. The van der Waals surface area contributed by atoms with Crippen LogP contribution in [0.1, 0.15) is 39.4 Å². The zero-order valence-electron chi connectivity index (χ0n) is 15.8. The Bertz CT molecular complexity index is 662. The summed E-state index contributed by atoms with van der Waals surface area (Å²) in [5.74, 6) is 3.61. The summed E-state index contributed by atoms with van der Waals surface area (Å²) in [6, 6.07) is 8.19. The van der Waals surface area contributed by atoms with Crippen molar-refractivity contribution < 1.29 is 0 Å². The van der Waals surface area contributed by atoms with Gasteiger partial charge in [0.2, 0.25) is 0 Å². The Hall–Kier alpha value is -2.04. The average Bonchev–Trinajstić information content (AvgIpc) is 2.99. The molecule has 1 fully saturated rings. The van der Waals surface area contributed by atoms with Crippen molar-refractivity contribution in [2.75, 3.05) is 26.2 Å². The largest absolute Gasteiger partial charge is 0.357 e. The molecule has 1 aliphatic rings. The van der Waals surface area contributed by atoms with E-state index in [0.717, 1.165) is 73.7 Å². The quantitative estimate of drug-likeness (QED) is 0.498. The van der Waals surface area contributed by atoms with Crippen molar-refractivity contribution >= 4 is 17.0 Å². The van der Waals surface area contributed by atoms with Gasteiger partial charge in [-0.25, -0.2) is 4.98 Å². The van der Waals surface area contributed by atoms with E-state index in [-0.39, 0.29) is 0 Å². The molecule has 0 spiro atoms. The summed E-state index contributed by atoms with van der Waals surface area (Å²) in [4.78, 5) is 15.3. The van der Waals surface area contributed by atoms with E-state index in [9.17, 15) is 0 Å². The summed E-state index contributed by atoms with van der Waals surface area (Å²) in [7, 11) is 0. The monoisotopic (exact) mass is 341 g/mol. The summed E-state index contributed by atoms with van der Waals surface area (Å²) < 4.78 is 0. The Labute approximate surface area is 150 Å². The van der Waals surface area contributed by atoms with Gasteiger partial charge in [-0.2, -0.15) is 0 Å². The van der Waals surface area contributed by atoms with Gasteiger partial charge in [-0.15, -0.1) is 0 Å². The van der Waals surface area contributed by atoms with Crippen molar-refractivity contribution in [3.8, 4) is 0 Å². The van der Waals surface area contributed by atoms with Crippen molar-refractivity contribution in [1.82, 2.24) is 20.2 Å². The molecule has 5 nitrogen and oxygen atoms in total. The topological polar surface area (TPSA) is 56.3 Å². The van der Waals surface area contributed by atoms with E-state index in [1.807, 2.05) is 12.1 Å². The van der Waals surface area contributed by atoms with E-state index < -0.39 is 0 Å². The third-order valence-electron chi connectivity index (χ3n) is 4.77. The SMILES string of the molecule is CCNC(=NCCCc1nc2ccccc2[nH]1)N1CC(C)CC(C)C1. The molecular formula is C20H31N5. The van der Waals surface area contributed by atoms with Crippen LogP contribution in [-0.2, 0) is 6.42 Å². The molecule has 0 radical (unpaired) electrons. The number of imidazole rings is 1. The second-order valence-corrected chi connectivity index (χ2v) is 7.39. The first-order valence-corrected chi connectivity index (χ1v) is 9.62. The molecule has 0 saturated carbocycles. The summed E-state index contributed by atoms with van der Waals surface area (Å²) in [5.41, 5.74) is 2.16. The van der Waals surface area contributed by atoms with Gasteiger partial charge < -0.3 is 15.2 Å². The standard InChI is InChI=1S/C20H31N5/c1-4-21-20(25-13-15(2)12-16(3)14-25)22-11-7-10-19-23-17-8-5-6-9-18(17)24-19/h5-6,8-9,15-16H,4,7,10-14H2,1-3H3,(H,21,22)(H,23,24). The number of benzene rings is 1. The molecule has 1 aromatic carbocycles. The Morgan fingerprint density at radius 2 is 2.04 bits per heavy atom. The Kier molecular flexibility index (Phi) is 5.95. The number of H-pyrrole nitrogens is 1. The molecule has 2 unspecified atom stereocenters. The number of aliphatic imine (C=N–C) groups is 1. The van der Waals surface area contributed by atoms with Crippen LogP contribution in [0, 0.1) is 11.8 Å². The molecule has 1 aliphatic heterocycles. The van der Waals surface area contributed by atoms with Crippen molar-refractivity contribution in [2.45, 2.75) is 40.0 Å².